The molecule has 0 saturated heterocycles. The number of thiazole rings is 1. The molecule has 0 fully saturated rings. The highest BCUT2D eigenvalue weighted by Gasteiger charge is 2.16. The zero-order chi connectivity index (χ0) is 19.0. The molecular weight excluding hydrogens is 362 g/mol. The van der Waals surface area contributed by atoms with Gasteiger partial charge in [0.1, 0.15) is 10.4 Å². The summed E-state index contributed by atoms with van der Waals surface area (Å²) < 4.78 is 5.31. The number of hydrogen-bond acceptors (Lipinski definition) is 4. The second-order valence-electron chi connectivity index (χ2n) is 6.30. The van der Waals surface area contributed by atoms with Crippen molar-refractivity contribution in [3.05, 3.63) is 70.0 Å². The van der Waals surface area contributed by atoms with Crippen LogP contribution in [0.2, 0.25) is 0 Å². The predicted molar refractivity (Wildman–Crippen MR) is 106 cm³/mol. The highest BCUT2D eigenvalue weighted by molar-refractivity contribution is 7.16. The summed E-state index contributed by atoms with van der Waals surface area (Å²) in [5.74, 6) is -0.170. The number of aryl methyl sites for hydroxylation is 2. The van der Waals surface area contributed by atoms with Gasteiger partial charge in [-0.2, -0.15) is 0 Å². The topological polar surface area (TPSA) is 73.8 Å². The van der Waals surface area contributed by atoms with Crippen LogP contribution in [-0.2, 0) is 13.6 Å². The van der Waals surface area contributed by atoms with Gasteiger partial charge in [0.25, 0.3) is 11.5 Å². The molecule has 4 aromatic rings. The van der Waals surface area contributed by atoms with Crippen LogP contribution in [0.1, 0.15) is 15.4 Å². The molecule has 0 bridgehead atoms. The molecule has 4 rings (SSSR count). The Balaban J connectivity index is 1.45. The van der Waals surface area contributed by atoms with Gasteiger partial charge in [0.2, 0.25) is 0 Å². The van der Waals surface area contributed by atoms with Crippen molar-refractivity contribution in [2.75, 3.05) is 6.54 Å². The summed E-state index contributed by atoms with van der Waals surface area (Å²) in [6.07, 6.45) is 7.42. The molecular formula is C19H19N5O2S. The number of hydrogen-bond donors (Lipinski definition) is 1. The van der Waals surface area contributed by atoms with E-state index in [-0.39, 0.29) is 11.5 Å². The average molecular weight is 381 g/mol. The molecule has 4 heterocycles. The maximum atomic E-state index is 12.6. The number of aromatic nitrogens is 4. The molecule has 0 saturated carbocycles. The van der Waals surface area contributed by atoms with Gasteiger partial charge in [-0.05, 0) is 31.2 Å². The Morgan fingerprint density at radius 2 is 1.93 bits per heavy atom. The highest BCUT2D eigenvalue weighted by atomic mass is 32.1. The third-order valence-electron chi connectivity index (χ3n) is 4.46. The van der Waals surface area contributed by atoms with E-state index in [4.69, 9.17) is 0 Å². The number of carbonyl (C=O) groups excluding carboxylic acids is 1. The van der Waals surface area contributed by atoms with Crippen molar-refractivity contribution in [3.8, 4) is 5.13 Å². The van der Waals surface area contributed by atoms with Crippen LogP contribution in [-0.4, -0.2) is 31.1 Å². The number of fused-ring (bicyclic) bond motifs is 1. The number of carbonyl (C=O) groups is 1. The maximum Gasteiger partial charge on any atom is 0.275 e. The normalized spacial score (nSPS) is 11.2. The number of amides is 1. The lowest BCUT2D eigenvalue weighted by Gasteiger charge is -2.08. The van der Waals surface area contributed by atoms with Gasteiger partial charge >= 0.3 is 0 Å². The third kappa shape index (κ3) is 3.19. The molecule has 0 spiro atoms. The summed E-state index contributed by atoms with van der Waals surface area (Å²) in [4.78, 5) is 30.1. The van der Waals surface area contributed by atoms with Gasteiger partial charge in [0, 0.05) is 50.3 Å². The van der Waals surface area contributed by atoms with Gasteiger partial charge in [-0.3, -0.25) is 9.59 Å². The lowest BCUT2D eigenvalue weighted by atomic mass is 10.3. The fraction of sp³-hybridized carbons (Fsp3) is 0.211. The van der Waals surface area contributed by atoms with E-state index in [0.717, 1.165) is 10.5 Å². The molecule has 0 aliphatic heterocycles. The van der Waals surface area contributed by atoms with E-state index in [1.807, 2.05) is 66.0 Å². The molecule has 4 aromatic heterocycles. The Labute approximate surface area is 159 Å². The molecule has 0 aliphatic carbocycles. The molecule has 0 radical (unpaired) electrons. The SMILES string of the molecule is Cc1nc(-n2cccc2)sc1C(=O)NCCn1ccc2ccn(C)c2c1=O. The smallest absolute Gasteiger partial charge is 0.275 e. The maximum absolute atomic E-state index is 12.6. The van der Waals surface area contributed by atoms with Crippen molar-refractivity contribution in [1.82, 2.24) is 24.0 Å². The second-order valence-corrected chi connectivity index (χ2v) is 7.28. The van der Waals surface area contributed by atoms with Crippen LogP contribution in [0.5, 0.6) is 0 Å². The van der Waals surface area contributed by atoms with Gasteiger partial charge in [-0.1, -0.05) is 11.3 Å². The highest BCUT2D eigenvalue weighted by Crippen LogP contribution is 2.21. The third-order valence-corrected chi connectivity index (χ3v) is 5.63. The van der Waals surface area contributed by atoms with Crippen molar-refractivity contribution in [2.24, 2.45) is 7.05 Å². The van der Waals surface area contributed by atoms with E-state index in [0.29, 0.717) is 29.2 Å². The van der Waals surface area contributed by atoms with Crippen molar-refractivity contribution in [1.29, 1.82) is 0 Å². The van der Waals surface area contributed by atoms with Crippen molar-refractivity contribution >= 4 is 28.1 Å². The van der Waals surface area contributed by atoms with Gasteiger partial charge in [-0.25, -0.2) is 4.98 Å². The van der Waals surface area contributed by atoms with E-state index in [2.05, 4.69) is 10.3 Å². The minimum absolute atomic E-state index is 0.0573. The van der Waals surface area contributed by atoms with Crippen molar-refractivity contribution in [2.45, 2.75) is 13.5 Å². The zero-order valence-electron chi connectivity index (χ0n) is 15.0. The second kappa shape index (κ2) is 6.88. The number of nitrogens with one attached hydrogen (secondary N) is 1. The summed E-state index contributed by atoms with van der Waals surface area (Å²) in [5, 5.41) is 4.56. The molecule has 138 valence electrons. The molecule has 7 nitrogen and oxygen atoms in total. The monoisotopic (exact) mass is 381 g/mol. The van der Waals surface area contributed by atoms with Gasteiger partial charge in [0.05, 0.1) is 5.69 Å². The number of rotatable bonds is 5. The minimum Gasteiger partial charge on any atom is -0.349 e. The van der Waals surface area contributed by atoms with Gasteiger partial charge in [0.15, 0.2) is 5.13 Å². The molecule has 8 heteroatoms. The van der Waals surface area contributed by atoms with Gasteiger partial charge in [-0.15, -0.1) is 0 Å². The molecule has 0 aromatic carbocycles. The molecule has 0 aliphatic rings. The quantitative estimate of drug-likeness (QED) is 0.577. The first-order valence-corrected chi connectivity index (χ1v) is 9.39. The number of pyridine rings is 1. The van der Waals surface area contributed by atoms with Crippen LogP contribution >= 0.6 is 11.3 Å². The zero-order valence-corrected chi connectivity index (χ0v) is 15.9. The Hall–Kier alpha value is -3.13. The largest absolute Gasteiger partial charge is 0.349 e. The van der Waals surface area contributed by atoms with Crippen LogP contribution in [0.15, 0.2) is 53.8 Å². The first-order chi connectivity index (χ1) is 13.0. The van der Waals surface area contributed by atoms with E-state index >= 15 is 0 Å². The lowest BCUT2D eigenvalue weighted by Crippen LogP contribution is -2.30. The van der Waals surface area contributed by atoms with E-state index in [9.17, 15) is 9.59 Å². The lowest BCUT2D eigenvalue weighted by molar-refractivity contribution is 0.0955. The fourth-order valence-electron chi connectivity index (χ4n) is 3.04. The predicted octanol–water partition coefficient (Wildman–Crippen LogP) is 2.33. The van der Waals surface area contributed by atoms with E-state index < -0.39 is 0 Å². The van der Waals surface area contributed by atoms with Crippen LogP contribution in [0.4, 0.5) is 0 Å². The van der Waals surface area contributed by atoms with Crippen molar-refractivity contribution < 1.29 is 4.79 Å². The Morgan fingerprint density at radius 1 is 1.19 bits per heavy atom. The Kier molecular flexibility index (Phi) is 4.41. The fourth-order valence-corrected chi connectivity index (χ4v) is 3.99. The van der Waals surface area contributed by atoms with Crippen LogP contribution in [0, 0.1) is 6.92 Å². The number of nitrogens with zero attached hydrogens (tertiary/aromatic N) is 4. The standard InChI is InChI=1S/C19H19N5O2S/c1-13-16(27-19(21-13)24-8-3-4-9-24)17(25)20-7-12-23-11-6-14-5-10-22(2)15(14)18(23)26/h3-6,8-11H,7,12H2,1-2H3,(H,20,25). The van der Waals surface area contributed by atoms with Crippen LogP contribution in [0.25, 0.3) is 16.0 Å². The summed E-state index contributed by atoms with van der Waals surface area (Å²) in [5.41, 5.74) is 1.31. The van der Waals surface area contributed by atoms with Crippen LogP contribution < -0.4 is 10.9 Å². The summed E-state index contributed by atoms with van der Waals surface area (Å²) >= 11 is 1.35. The van der Waals surface area contributed by atoms with Crippen molar-refractivity contribution in [3.63, 3.8) is 0 Å². The summed E-state index contributed by atoms with van der Waals surface area (Å²) in [6.45, 7) is 2.60. The Bertz CT molecular complexity index is 1170. The minimum atomic E-state index is -0.170. The molecule has 1 amide bonds. The van der Waals surface area contributed by atoms with E-state index in [1.54, 1.807) is 10.8 Å². The first kappa shape index (κ1) is 17.3. The molecule has 27 heavy (non-hydrogen) atoms. The van der Waals surface area contributed by atoms with Crippen LogP contribution in [0.3, 0.4) is 0 Å². The van der Waals surface area contributed by atoms with Gasteiger partial charge < -0.3 is 19.0 Å². The summed E-state index contributed by atoms with van der Waals surface area (Å²) in [6, 6.07) is 7.66. The Morgan fingerprint density at radius 3 is 2.70 bits per heavy atom. The molecule has 0 atom stereocenters. The molecule has 0 unspecified atom stereocenters. The molecule has 1 N–H and O–H groups in total. The average Bonchev–Trinajstić information content (AvgIpc) is 3.37. The van der Waals surface area contributed by atoms with E-state index in [1.165, 1.54) is 11.3 Å². The first-order valence-electron chi connectivity index (χ1n) is 8.58. The summed E-state index contributed by atoms with van der Waals surface area (Å²) in [7, 11) is 1.85.